The number of aliphatic carboxylic acids is 1. The molecule has 0 saturated heterocycles. The minimum atomic E-state index is -0.749. The second kappa shape index (κ2) is 6.81. The highest BCUT2D eigenvalue weighted by Crippen LogP contribution is 2.39. The van der Waals surface area contributed by atoms with Crippen LogP contribution in [0.4, 0.5) is 5.82 Å². The van der Waals surface area contributed by atoms with Crippen molar-refractivity contribution in [3.63, 3.8) is 0 Å². The first-order valence-electron chi connectivity index (χ1n) is 9.41. The summed E-state index contributed by atoms with van der Waals surface area (Å²) in [5.74, 6) is 1.32. The molecule has 0 spiro atoms. The molecule has 0 amide bonds. The predicted molar refractivity (Wildman–Crippen MR) is 104 cm³/mol. The largest absolute Gasteiger partial charge is 0.481 e. The lowest BCUT2D eigenvalue weighted by Crippen LogP contribution is -2.26. The first-order chi connectivity index (χ1) is 13.4. The lowest BCUT2D eigenvalue weighted by atomic mass is 9.89. The van der Waals surface area contributed by atoms with Gasteiger partial charge in [0.15, 0.2) is 17.0 Å². The molecule has 3 aromatic heterocycles. The van der Waals surface area contributed by atoms with Crippen LogP contribution in [0.15, 0.2) is 18.7 Å². The number of aromatic nitrogens is 6. The van der Waals surface area contributed by atoms with Crippen molar-refractivity contribution in [1.29, 1.82) is 0 Å². The molecule has 1 fully saturated rings. The van der Waals surface area contributed by atoms with Crippen LogP contribution in [-0.2, 0) is 11.3 Å². The maximum atomic E-state index is 11.5. The molecule has 1 aliphatic rings. The van der Waals surface area contributed by atoms with Gasteiger partial charge in [-0.2, -0.15) is 0 Å². The second-order valence-corrected chi connectivity index (χ2v) is 7.54. The summed E-state index contributed by atoms with van der Waals surface area (Å²) in [4.78, 5) is 33.6. The summed E-state index contributed by atoms with van der Waals surface area (Å²) in [6.45, 7) is 6.36. The molecule has 1 aliphatic carbocycles. The summed E-state index contributed by atoms with van der Waals surface area (Å²) in [5.41, 5.74) is 1.52. The minimum Gasteiger partial charge on any atom is -0.481 e. The van der Waals surface area contributed by atoms with Gasteiger partial charge in [0.2, 0.25) is 0 Å². The molecular weight excluding hydrogens is 358 g/mol. The van der Waals surface area contributed by atoms with Crippen LogP contribution in [-0.4, -0.2) is 46.6 Å². The number of fused-ring (bicyclic) bond motifs is 1. The fraction of sp³-hybridized carbons (Fsp3) is 0.474. The molecular formula is C19H23N7O2. The van der Waals surface area contributed by atoms with E-state index in [1.165, 1.54) is 6.33 Å². The summed E-state index contributed by atoms with van der Waals surface area (Å²) in [6.07, 6.45) is 7.00. The summed E-state index contributed by atoms with van der Waals surface area (Å²) >= 11 is 0. The predicted octanol–water partition coefficient (Wildman–Crippen LogP) is 2.67. The number of carbonyl (C=O) groups is 1. The lowest BCUT2D eigenvalue weighted by Gasteiger charge is -2.18. The van der Waals surface area contributed by atoms with Gasteiger partial charge in [-0.1, -0.05) is 0 Å². The Hall–Kier alpha value is -3.10. The van der Waals surface area contributed by atoms with Gasteiger partial charge < -0.3 is 15.0 Å². The van der Waals surface area contributed by atoms with E-state index in [1.54, 1.807) is 19.3 Å². The van der Waals surface area contributed by atoms with E-state index in [0.717, 1.165) is 23.5 Å². The Morgan fingerprint density at radius 3 is 2.71 bits per heavy atom. The molecule has 2 N–H and O–H groups in total. The molecule has 0 aromatic carbocycles. The van der Waals surface area contributed by atoms with E-state index in [1.807, 2.05) is 18.4 Å². The number of nitrogens with one attached hydrogen (secondary N) is 1. The maximum Gasteiger partial charge on any atom is 0.309 e. The summed E-state index contributed by atoms with van der Waals surface area (Å²) in [5, 5.41) is 12.9. The van der Waals surface area contributed by atoms with Gasteiger partial charge in [0.25, 0.3) is 0 Å². The maximum absolute atomic E-state index is 11.5. The monoisotopic (exact) mass is 381 g/mol. The normalized spacial score (nSPS) is 21.9. The molecule has 0 bridgehead atoms. The van der Waals surface area contributed by atoms with Crippen molar-refractivity contribution in [3.05, 3.63) is 24.5 Å². The van der Waals surface area contributed by atoms with E-state index in [0.29, 0.717) is 36.5 Å². The number of carboxylic acids is 1. The Kier molecular flexibility index (Phi) is 4.44. The summed E-state index contributed by atoms with van der Waals surface area (Å²) < 4.78 is 2.01. The number of hydrogen-bond donors (Lipinski definition) is 2. The molecule has 0 aliphatic heterocycles. The average Bonchev–Trinajstić information content (AvgIpc) is 3.24. The molecule has 9 heteroatoms. The van der Waals surface area contributed by atoms with Crippen molar-refractivity contribution in [2.75, 3.05) is 5.32 Å². The molecule has 28 heavy (non-hydrogen) atoms. The van der Waals surface area contributed by atoms with Crippen LogP contribution in [0.25, 0.3) is 22.6 Å². The summed E-state index contributed by atoms with van der Waals surface area (Å²) in [7, 11) is 0. The smallest absolute Gasteiger partial charge is 0.309 e. The van der Waals surface area contributed by atoms with Crippen molar-refractivity contribution in [3.8, 4) is 11.4 Å². The van der Waals surface area contributed by atoms with Crippen molar-refractivity contribution < 1.29 is 9.90 Å². The minimum absolute atomic E-state index is 0.0390. The van der Waals surface area contributed by atoms with E-state index in [4.69, 9.17) is 4.98 Å². The highest BCUT2D eigenvalue weighted by Gasteiger charge is 2.41. The number of aryl methyl sites for hydroxylation is 2. The van der Waals surface area contributed by atoms with Gasteiger partial charge in [-0.05, 0) is 40.0 Å². The van der Waals surface area contributed by atoms with Crippen molar-refractivity contribution in [1.82, 2.24) is 29.5 Å². The second-order valence-electron chi connectivity index (χ2n) is 7.54. The van der Waals surface area contributed by atoms with Gasteiger partial charge in [0.1, 0.15) is 18.0 Å². The Morgan fingerprint density at radius 1 is 1.32 bits per heavy atom. The third-order valence-corrected chi connectivity index (χ3v) is 5.49. The quantitative estimate of drug-likeness (QED) is 0.692. The Morgan fingerprint density at radius 2 is 2.07 bits per heavy atom. The molecule has 4 rings (SSSR count). The van der Waals surface area contributed by atoms with Crippen LogP contribution in [0.2, 0.25) is 0 Å². The van der Waals surface area contributed by atoms with Crippen molar-refractivity contribution in [2.24, 2.45) is 5.41 Å². The topological polar surface area (TPSA) is 119 Å². The van der Waals surface area contributed by atoms with Crippen molar-refractivity contribution >= 4 is 23.0 Å². The third kappa shape index (κ3) is 3.06. The fourth-order valence-corrected chi connectivity index (χ4v) is 3.82. The van der Waals surface area contributed by atoms with Crippen LogP contribution in [0.5, 0.6) is 0 Å². The zero-order valence-electron chi connectivity index (χ0n) is 16.2. The van der Waals surface area contributed by atoms with Crippen LogP contribution in [0.3, 0.4) is 0 Å². The molecule has 3 aromatic rings. The number of nitrogens with zero attached hydrogens (tertiary/aromatic N) is 6. The number of anilines is 1. The van der Waals surface area contributed by atoms with Crippen LogP contribution < -0.4 is 5.32 Å². The lowest BCUT2D eigenvalue weighted by molar-refractivity contribution is -0.147. The van der Waals surface area contributed by atoms with Gasteiger partial charge in [-0.15, -0.1) is 0 Å². The Labute approximate surface area is 162 Å². The molecule has 9 nitrogen and oxygen atoms in total. The standard InChI is InChI=1S/C19H23N7O2/c1-4-26-16(12-8-20-11(2)21-9-12)25-14-15(22-10-23-17(14)26)24-13-5-6-19(3,7-13)18(27)28/h8-10,13H,4-7H2,1-3H3,(H,27,28)(H,22,23,24). The van der Waals surface area contributed by atoms with Crippen LogP contribution in [0, 0.1) is 12.3 Å². The number of hydrogen-bond acceptors (Lipinski definition) is 7. The van der Waals surface area contributed by atoms with Gasteiger partial charge in [0.05, 0.1) is 11.0 Å². The van der Waals surface area contributed by atoms with Crippen LogP contribution >= 0.6 is 0 Å². The first kappa shape index (κ1) is 18.3. The molecule has 146 valence electrons. The van der Waals surface area contributed by atoms with E-state index < -0.39 is 11.4 Å². The Bertz CT molecular complexity index is 1030. The number of imidazole rings is 1. The number of rotatable bonds is 5. The van der Waals surface area contributed by atoms with Gasteiger partial charge in [-0.3, -0.25) is 4.79 Å². The van der Waals surface area contributed by atoms with E-state index in [9.17, 15) is 9.90 Å². The molecule has 1 saturated carbocycles. The number of carboxylic acid groups (broad SMARTS) is 1. The Balaban J connectivity index is 1.71. The zero-order chi connectivity index (χ0) is 19.9. The SMILES string of the molecule is CCn1c(-c2cnc(C)nc2)nc2c(NC3CCC(C)(C(=O)O)C3)ncnc21. The molecule has 0 radical (unpaired) electrons. The van der Waals surface area contributed by atoms with Gasteiger partial charge in [-0.25, -0.2) is 24.9 Å². The van der Waals surface area contributed by atoms with Gasteiger partial charge >= 0.3 is 5.97 Å². The molecule has 2 atom stereocenters. The van der Waals surface area contributed by atoms with E-state index in [-0.39, 0.29) is 6.04 Å². The van der Waals surface area contributed by atoms with Crippen molar-refractivity contribution in [2.45, 2.75) is 52.6 Å². The summed E-state index contributed by atoms with van der Waals surface area (Å²) in [6, 6.07) is 0.0390. The molecule has 3 heterocycles. The van der Waals surface area contributed by atoms with Crippen LogP contribution in [0.1, 0.15) is 38.9 Å². The zero-order valence-corrected chi connectivity index (χ0v) is 16.2. The highest BCUT2D eigenvalue weighted by molar-refractivity contribution is 5.86. The fourth-order valence-electron chi connectivity index (χ4n) is 3.82. The molecule has 2 unspecified atom stereocenters. The first-order valence-corrected chi connectivity index (χ1v) is 9.41. The van der Waals surface area contributed by atoms with E-state index in [2.05, 4.69) is 25.3 Å². The highest BCUT2D eigenvalue weighted by atomic mass is 16.4. The van der Waals surface area contributed by atoms with Gasteiger partial charge in [0, 0.05) is 25.0 Å². The average molecular weight is 381 g/mol. The van der Waals surface area contributed by atoms with E-state index >= 15 is 0 Å². The third-order valence-electron chi connectivity index (χ3n) is 5.49.